The van der Waals surface area contributed by atoms with Crippen LogP contribution in [0.5, 0.6) is 11.5 Å². The zero-order chi connectivity index (χ0) is 22.0. The Bertz CT molecular complexity index is 1230. The van der Waals surface area contributed by atoms with Crippen LogP contribution >= 0.6 is 11.8 Å². The van der Waals surface area contributed by atoms with Crippen LogP contribution in [0.4, 0.5) is 0 Å². The standard InChI is InChI=1S/C25H20N2O3S/c1-15-5-3-4-6-19(15)25(28)29-17-9-12-20-22(13-17)30-24(27)21(14-26)23(20)16-7-10-18(31-2)11-8-16/h3-13,23H,27H2,1-2H3. The third kappa shape index (κ3) is 4.00. The van der Waals surface area contributed by atoms with Gasteiger partial charge in [0.15, 0.2) is 0 Å². The number of allylic oxidation sites excluding steroid dienone is 1. The third-order valence-electron chi connectivity index (χ3n) is 5.22. The molecule has 1 atom stereocenters. The van der Waals surface area contributed by atoms with Crippen LogP contribution in [-0.2, 0) is 0 Å². The van der Waals surface area contributed by atoms with Crippen LogP contribution in [0.15, 0.2) is 83.1 Å². The Kier molecular flexibility index (Phi) is 5.70. The van der Waals surface area contributed by atoms with Crippen LogP contribution in [0, 0.1) is 18.3 Å². The van der Waals surface area contributed by atoms with Gasteiger partial charge in [-0.15, -0.1) is 11.8 Å². The van der Waals surface area contributed by atoms with Crippen LogP contribution in [0.2, 0.25) is 0 Å². The number of carbonyl (C=O) groups excluding carboxylic acids is 1. The maximum absolute atomic E-state index is 12.6. The van der Waals surface area contributed by atoms with E-state index in [2.05, 4.69) is 6.07 Å². The average molecular weight is 429 g/mol. The Morgan fingerprint density at radius 1 is 1.13 bits per heavy atom. The minimum absolute atomic E-state index is 0.0522. The number of benzene rings is 3. The zero-order valence-corrected chi connectivity index (χ0v) is 17.9. The van der Waals surface area contributed by atoms with Gasteiger partial charge in [0.1, 0.15) is 23.1 Å². The van der Waals surface area contributed by atoms with E-state index in [0.29, 0.717) is 22.6 Å². The molecule has 4 rings (SSSR count). The molecule has 31 heavy (non-hydrogen) atoms. The summed E-state index contributed by atoms with van der Waals surface area (Å²) in [5.41, 5.74) is 9.49. The fraction of sp³-hybridized carbons (Fsp3) is 0.120. The Hall–Kier alpha value is -3.69. The van der Waals surface area contributed by atoms with Crippen molar-refractivity contribution in [3.8, 4) is 17.6 Å². The van der Waals surface area contributed by atoms with E-state index in [9.17, 15) is 10.1 Å². The maximum atomic E-state index is 12.6. The molecular weight excluding hydrogens is 408 g/mol. The van der Waals surface area contributed by atoms with Crippen molar-refractivity contribution in [2.75, 3.05) is 6.26 Å². The molecule has 154 valence electrons. The quantitative estimate of drug-likeness (QED) is 0.351. The summed E-state index contributed by atoms with van der Waals surface area (Å²) in [5.74, 6) is 0.0589. The molecule has 0 saturated carbocycles. The highest BCUT2D eigenvalue weighted by atomic mass is 32.2. The molecule has 6 heteroatoms. The summed E-state index contributed by atoms with van der Waals surface area (Å²) >= 11 is 1.65. The molecule has 1 heterocycles. The summed E-state index contributed by atoms with van der Waals surface area (Å²) in [6, 6.07) is 22.6. The Balaban J connectivity index is 1.69. The number of hydrogen-bond donors (Lipinski definition) is 1. The number of fused-ring (bicyclic) bond motifs is 1. The lowest BCUT2D eigenvalue weighted by molar-refractivity contribution is 0.0733. The molecule has 0 aliphatic carbocycles. The van der Waals surface area contributed by atoms with Gasteiger partial charge in [0.2, 0.25) is 5.88 Å². The van der Waals surface area contributed by atoms with Crippen molar-refractivity contribution >= 4 is 17.7 Å². The summed E-state index contributed by atoms with van der Waals surface area (Å²) in [6.07, 6.45) is 2.01. The Labute approximate surface area is 185 Å². The molecule has 0 fully saturated rings. The number of nitrogens with two attached hydrogens (primary N) is 1. The van der Waals surface area contributed by atoms with Crippen LogP contribution in [-0.4, -0.2) is 12.2 Å². The van der Waals surface area contributed by atoms with Gasteiger partial charge in [0.25, 0.3) is 0 Å². The van der Waals surface area contributed by atoms with Crippen LogP contribution < -0.4 is 15.2 Å². The van der Waals surface area contributed by atoms with Crippen molar-refractivity contribution in [2.24, 2.45) is 5.73 Å². The molecule has 1 aliphatic rings. The minimum atomic E-state index is -0.445. The van der Waals surface area contributed by atoms with Gasteiger partial charge in [-0.25, -0.2) is 4.79 Å². The second-order valence-corrected chi connectivity index (χ2v) is 7.98. The summed E-state index contributed by atoms with van der Waals surface area (Å²) in [7, 11) is 0. The molecule has 1 aliphatic heterocycles. The number of hydrogen-bond acceptors (Lipinski definition) is 6. The van der Waals surface area contributed by atoms with Crippen molar-refractivity contribution in [1.29, 1.82) is 5.26 Å². The SMILES string of the molecule is CSc1ccc(C2C(C#N)=C(N)Oc3cc(OC(=O)c4ccccc4C)ccc32)cc1. The van der Waals surface area contributed by atoms with Gasteiger partial charge in [0, 0.05) is 16.5 Å². The number of nitrogens with zero attached hydrogens (tertiary/aromatic N) is 1. The number of aryl methyl sites for hydroxylation is 1. The molecule has 2 N–H and O–H groups in total. The average Bonchev–Trinajstić information content (AvgIpc) is 2.78. The molecule has 1 unspecified atom stereocenters. The summed E-state index contributed by atoms with van der Waals surface area (Å²) in [4.78, 5) is 13.7. The van der Waals surface area contributed by atoms with E-state index >= 15 is 0 Å². The normalized spacial score (nSPS) is 14.9. The van der Waals surface area contributed by atoms with E-state index < -0.39 is 5.97 Å². The maximum Gasteiger partial charge on any atom is 0.343 e. The van der Waals surface area contributed by atoms with Gasteiger partial charge >= 0.3 is 5.97 Å². The number of ether oxygens (including phenoxy) is 2. The number of esters is 1. The highest BCUT2D eigenvalue weighted by molar-refractivity contribution is 7.98. The van der Waals surface area contributed by atoms with Gasteiger partial charge in [-0.05, 0) is 48.6 Å². The monoisotopic (exact) mass is 428 g/mol. The second kappa shape index (κ2) is 8.58. The van der Waals surface area contributed by atoms with Crippen LogP contribution in [0.1, 0.15) is 33.0 Å². The fourth-order valence-corrected chi connectivity index (χ4v) is 4.01. The first-order valence-corrected chi connectivity index (χ1v) is 10.9. The number of nitriles is 1. The largest absolute Gasteiger partial charge is 0.440 e. The molecule has 0 spiro atoms. The predicted molar refractivity (Wildman–Crippen MR) is 120 cm³/mol. The molecule has 0 saturated heterocycles. The van der Waals surface area contributed by atoms with E-state index in [4.69, 9.17) is 15.2 Å². The lowest BCUT2D eigenvalue weighted by Crippen LogP contribution is -2.21. The highest BCUT2D eigenvalue weighted by Crippen LogP contribution is 2.43. The molecule has 5 nitrogen and oxygen atoms in total. The number of thioether (sulfide) groups is 1. The van der Waals surface area contributed by atoms with Crippen molar-refractivity contribution in [3.63, 3.8) is 0 Å². The lowest BCUT2D eigenvalue weighted by Gasteiger charge is -2.26. The topological polar surface area (TPSA) is 85.3 Å². The van der Waals surface area contributed by atoms with Crippen molar-refractivity contribution < 1.29 is 14.3 Å². The van der Waals surface area contributed by atoms with Crippen molar-refractivity contribution in [3.05, 3.63) is 100 Å². The van der Waals surface area contributed by atoms with Crippen LogP contribution in [0.25, 0.3) is 0 Å². The molecular formula is C25H20N2O3S. The number of rotatable bonds is 4. The van der Waals surface area contributed by atoms with E-state index in [1.807, 2.05) is 55.6 Å². The highest BCUT2D eigenvalue weighted by Gasteiger charge is 2.31. The zero-order valence-electron chi connectivity index (χ0n) is 17.1. The smallest absolute Gasteiger partial charge is 0.343 e. The second-order valence-electron chi connectivity index (χ2n) is 7.10. The van der Waals surface area contributed by atoms with Gasteiger partial charge in [-0.3, -0.25) is 0 Å². The summed E-state index contributed by atoms with van der Waals surface area (Å²) in [6.45, 7) is 1.86. The van der Waals surface area contributed by atoms with Gasteiger partial charge < -0.3 is 15.2 Å². The van der Waals surface area contributed by atoms with Gasteiger partial charge in [0.05, 0.1) is 11.5 Å². The fourth-order valence-electron chi connectivity index (χ4n) is 3.60. The molecule has 3 aromatic rings. The summed E-state index contributed by atoms with van der Waals surface area (Å²) < 4.78 is 11.3. The van der Waals surface area contributed by atoms with Crippen molar-refractivity contribution in [1.82, 2.24) is 0 Å². The van der Waals surface area contributed by atoms with Gasteiger partial charge in [-0.1, -0.05) is 36.4 Å². The first-order valence-electron chi connectivity index (χ1n) is 9.65. The van der Waals surface area contributed by atoms with Gasteiger partial charge in [-0.2, -0.15) is 5.26 Å². The molecule has 3 aromatic carbocycles. The molecule has 0 radical (unpaired) electrons. The number of carbonyl (C=O) groups is 1. The Morgan fingerprint density at radius 2 is 1.87 bits per heavy atom. The molecule has 0 aromatic heterocycles. The third-order valence-corrected chi connectivity index (χ3v) is 5.96. The van der Waals surface area contributed by atoms with E-state index in [1.165, 1.54) is 0 Å². The van der Waals surface area contributed by atoms with Crippen molar-refractivity contribution in [2.45, 2.75) is 17.7 Å². The first-order chi connectivity index (χ1) is 15.0. The first kappa shape index (κ1) is 20.6. The van der Waals surface area contributed by atoms with E-state index in [0.717, 1.165) is 21.6 Å². The minimum Gasteiger partial charge on any atom is -0.440 e. The molecule has 0 bridgehead atoms. The molecule has 0 amide bonds. The van der Waals surface area contributed by atoms with E-state index in [1.54, 1.807) is 36.0 Å². The van der Waals surface area contributed by atoms with Crippen LogP contribution in [0.3, 0.4) is 0 Å². The Morgan fingerprint density at radius 3 is 2.55 bits per heavy atom. The predicted octanol–water partition coefficient (Wildman–Crippen LogP) is 5.15. The summed E-state index contributed by atoms with van der Waals surface area (Å²) in [5, 5.41) is 9.70. The lowest BCUT2D eigenvalue weighted by atomic mass is 9.83. The van der Waals surface area contributed by atoms with E-state index in [-0.39, 0.29) is 11.8 Å².